The van der Waals surface area contributed by atoms with Gasteiger partial charge in [-0.25, -0.2) is 9.79 Å². The molecular formula is C30H23ClN2O8. The summed E-state index contributed by atoms with van der Waals surface area (Å²) in [5.41, 5.74) is 2.25. The summed E-state index contributed by atoms with van der Waals surface area (Å²) in [6.07, 6.45) is -2.16. The highest BCUT2D eigenvalue weighted by Gasteiger charge is 2.29. The zero-order chi connectivity index (χ0) is 28.9. The number of anilines is 1. The molecule has 4 aromatic rings. The van der Waals surface area contributed by atoms with E-state index in [0.29, 0.717) is 44.2 Å². The molecule has 3 aromatic carbocycles. The van der Waals surface area contributed by atoms with Crippen molar-refractivity contribution in [3.8, 4) is 5.75 Å². The lowest BCUT2D eigenvalue weighted by molar-refractivity contribution is -0.156. The van der Waals surface area contributed by atoms with Gasteiger partial charge in [0, 0.05) is 39.2 Å². The van der Waals surface area contributed by atoms with Gasteiger partial charge in [-0.15, -0.1) is 0 Å². The van der Waals surface area contributed by atoms with Gasteiger partial charge < -0.3 is 23.9 Å². The van der Waals surface area contributed by atoms with Crippen LogP contribution >= 0.6 is 11.6 Å². The molecule has 1 atom stereocenters. The lowest BCUT2D eigenvalue weighted by Crippen LogP contribution is -2.30. The zero-order valence-electron chi connectivity index (χ0n) is 21.7. The highest BCUT2D eigenvalue weighted by Crippen LogP contribution is 2.28. The third-order valence-electron chi connectivity index (χ3n) is 6.21. The first-order chi connectivity index (χ1) is 19.8. The van der Waals surface area contributed by atoms with Crippen molar-refractivity contribution in [1.82, 2.24) is 0 Å². The lowest BCUT2D eigenvalue weighted by atomic mass is 10.0. The van der Waals surface area contributed by atoms with Crippen LogP contribution in [0.2, 0.25) is 5.02 Å². The maximum Gasteiger partial charge on any atom is 0.336 e. The molecule has 10 nitrogen and oxygen atoms in total. The van der Waals surface area contributed by atoms with Crippen LogP contribution in [0.5, 0.6) is 5.75 Å². The number of amides is 1. The van der Waals surface area contributed by atoms with Crippen LogP contribution in [-0.4, -0.2) is 36.9 Å². The maximum atomic E-state index is 12.9. The normalized spacial score (nSPS) is 14.3. The van der Waals surface area contributed by atoms with Gasteiger partial charge in [-0.3, -0.25) is 14.4 Å². The number of ether oxygens (including phenoxy) is 3. The molecule has 11 heteroatoms. The Kier molecular flexibility index (Phi) is 8.11. The standard InChI is InChI=1S/C30H23ClN2O8/c1-38-20-8-9-21-18(13-27(36)40-24(21)15-20)16-39-25(34)11-12-26(35)41-30-29(37)32-23-10-7-19(31)14-22(23)28(33-30)17-5-3-2-4-6-17/h2-10,13-15,30H,11-12,16H2,1H3,(H,32,37). The van der Waals surface area contributed by atoms with E-state index < -0.39 is 29.7 Å². The number of aliphatic imine (C=N–C) groups is 1. The number of carbonyl (C=O) groups excluding carboxylic acids is 3. The molecule has 0 radical (unpaired) electrons. The van der Waals surface area contributed by atoms with E-state index in [9.17, 15) is 19.2 Å². The first kappa shape index (κ1) is 27.6. The summed E-state index contributed by atoms with van der Waals surface area (Å²) >= 11 is 6.20. The van der Waals surface area contributed by atoms with E-state index in [1.54, 1.807) is 36.4 Å². The quantitative estimate of drug-likeness (QED) is 0.238. The van der Waals surface area contributed by atoms with E-state index in [4.69, 9.17) is 30.2 Å². The van der Waals surface area contributed by atoms with Gasteiger partial charge in [-0.05, 0) is 30.3 Å². The first-order valence-corrected chi connectivity index (χ1v) is 12.9. The minimum Gasteiger partial charge on any atom is -0.497 e. The highest BCUT2D eigenvalue weighted by molar-refractivity contribution is 6.32. The van der Waals surface area contributed by atoms with Gasteiger partial charge in [-0.2, -0.15) is 0 Å². The van der Waals surface area contributed by atoms with Crippen molar-refractivity contribution in [3.05, 3.63) is 105 Å². The third-order valence-corrected chi connectivity index (χ3v) is 6.45. The Bertz CT molecular complexity index is 1730. The molecule has 0 saturated carbocycles. The van der Waals surface area contributed by atoms with E-state index >= 15 is 0 Å². The largest absolute Gasteiger partial charge is 0.497 e. The van der Waals surface area contributed by atoms with Gasteiger partial charge >= 0.3 is 17.6 Å². The summed E-state index contributed by atoms with van der Waals surface area (Å²) in [4.78, 5) is 54.3. The number of fused-ring (bicyclic) bond motifs is 2. The third kappa shape index (κ3) is 6.44. The fourth-order valence-corrected chi connectivity index (χ4v) is 4.41. The Labute approximate surface area is 238 Å². The average molecular weight is 575 g/mol. The number of rotatable bonds is 8. The smallest absolute Gasteiger partial charge is 0.336 e. The summed E-state index contributed by atoms with van der Waals surface area (Å²) < 4.78 is 21.0. The summed E-state index contributed by atoms with van der Waals surface area (Å²) in [6.45, 7) is -0.209. The molecule has 2 heterocycles. The minimum atomic E-state index is -1.49. The van der Waals surface area contributed by atoms with Crippen LogP contribution in [0.1, 0.15) is 29.5 Å². The molecule has 208 valence electrons. The second-order valence-electron chi connectivity index (χ2n) is 8.98. The van der Waals surface area contributed by atoms with Gasteiger partial charge in [0.2, 0.25) is 0 Å². The Morgan fingerprint density at radius 2 is 1.76 bits per heavy atom. The molecule has 1 aromatic heterocycles. The monoisotopic (exact) mass is 574 g/mol. The van der Waals surface area contributed by atoms with Crippen molar-refractivity contribution < 1.29 is 33.0 Å². The van der Waals surface area contributed by atoms with Crippen molar-refractivity contribution in [2.24, 2.45) is 4.99 Å². The van der Waals surface area contributed by atoms with E-state index in [0.717, 1.165) is 0 Å². The summed E-state index contributed by atoms with van der Waals surface area (Å²) in [5, 5.41) is 3.73. The van der Waals surface area contributed by atoms with E-state index in [2.05, 4.69) is 10.3 Å². The Morgan fingerprint density at radius 1 is 0.976 bits per heavy atom. The second-order valence-corrected chi connectivity index (χ2v) is 9.41. The van der Waals surface area contributed by atoms with Crippen molar-refractivity contribution in [2.75, 3.05) is 12.4 Å². The summed E-state index contributed by atoms with van der Waals surface area (Å²) in [5.74, 6) is -1.66. The number of nitrogens with one attached hydrogen (secondary N) is 1. The van der Waals surface area contributed by atoms with Gasteiger partial charge in [0.15, 0.2) is 0 Å². The number of benzene rings is 3. The number of nitrogens with zero attached hydrogens (tertiary/aromatic N) is 1. The van der Waals surface area contributed by atoms with Crippen molar-refractivity contribution in [2.45, 2.75) is 25.7 Å². The molecule has 0 spiro atoms. The minimum absolute atomic E-state index is 0.209. The Morgan fingerprint density at radius 3 is 2.54 bits per heavy atom. The van der Waals surface area contributed by atoms with Crippen molar-refractivity contribution in [3.63, 3.8) is 0 Å². The van der Waals surface area contributed by atoms with E-state index in [-0.39, 0.29) is 25.0 Å². The molecule has 1 N–H and O–H groups in total. The molecule has 5 rings (SSSR count). The van der Waals surface area contributed by atoms with Crippen LogP contribution in [0.25, 0.3) is 11.0 Å². The molecule has 0 saturated heterocycles. The SMILES string of the molecule is COc1ccc2c(COC(=O)CCC(=O)OC3N=C(c4ccccc4)c4cc(Cl)ccc4NC3=O)cc(=O)oc2c1. The Balaban J connectivity index is 1.24. The van der Waals surface area contributed by atoms with Crippen molar-refractivity contribution in [1.29, 1.82) is 0 Å². The first-order valence-electron chi connectivity index (χ1n) is 12.5. The Hall–Kier alpha value is -4.96. The number of esters is 2. The number of methoxy groups -OCH3 is 1. The van der Waals surface area contributed by atoms with Crippen LogP contribution in [0, 0.1) is 0 Å². The summed E-state index contributed by atoms with van der Waals surface area (Å²) in [7, 11) is 1.49. The number of hydrogen-bond donors (Lipinski definition) is 1. The summed E-state index contributed by atoms with van der Waals surface area (Å²) in [6, 6.07) is 20.2. The van der Waals surface area contributed by atoms with E-state index in [1.165, 1.54) is 13.2 Å². The zero-order valence-corrected chi connectivity index (χ0v) is 22.5. The van der Waals surface area contributed by atoms with Gasteiger partial charge in [0.1, 0.15) is 17.9 Å². The van der Waals surface area contributed by atoms with Gasteiger partial charge in [0.25, 0.3) is 12.1 Å². The molecular weight excluding hydrogens is 552 g/mol. The lowest BCUT2D eigenvalue weighted by Gasteiger charge is -2.12. The maximum absolute atomic E-state index is 12.9. The molecule has 1 unspecified atom stereocenters. The fraction of sp³-hybridized carbons (Fsp3) is 0.167. The molecule has 1 aliphatic heterocycles. The topological polar surface area (TPSA) is 134 Å². The fourth-order valence-electron chi connectivity index (χ4n) is 4.24. The van der Waals surface area contributed by atoms with Crippen LogP contribution in [-0.2, 0) is 30.5 Å². The number of hydrogen-bond acceptors (Lipinski definition) is 9. The molecule has 1 aliphatic rings. The number of carbonyl (C=O) groups is 3. The van der Waals surface area contributed by atoms with Crippen molar-refractivity contribution >= 4 is 51.8 Å². The second kappa shape index (κ2) is 12.1. The number of halogens is 1. The van der Waals surface area contributed by atoms with Gasteiger partial charge in [-0.1, -0.05) is 41.9 Å². The molecule has 0 aliphatic carbocycles. The predicted octanol–water partition coefficient (Wildman–Crippen LogP) is 4.64. The predicted molar refractivity (Wildman–Crippen MR) is 150 cm³/mol. The van der Waals surface area contributed by atoms with Gasteiger partial charge in [0.05, 0.1) is 31.4 Å². The van der Waals surface area contributed by atoms with Crippen LogP contribution in [0.15, 0.2) is 87.0 Å². The molecule has 0 fully saturated rings. The van der Waals surface area contributed by atoms with Crippen LogP contribution in [0.3, 0.4) is 0 Å². The number of benzodiazepines with no additional fused rings is 1. The van der Waals surface area contributed by atoms with E-state index in [1.807, 2.05) is 30.3 Å². The molecule has 41 heavy (non-hydrogen) atoms. The average Bonchev–Trinajstić information content (AvgIpc) is 3.10. The van der Waals surface area contributed by atoms with Crippen LogP contribution in [0.4, 0.5) is 5.69 Å². The molecule has 1 amide bonds. The molecule has 0 bridgehead atoms. The van der Waals surface area contributed by atoms with Crippen LogP contribution < -0.4 is 15.7 Å². The highest BCUT2D eigenvalue weighted by atomic mass is 35.5.